The van der Waals surface area contributed by atoms with Crippen molar-refractivity contribution in [3.63, 3.8) is 0 Å². The van der Waals surface area contributed by atoms with Crippen LogP contribution in [0.4, 0.5) is 0 Å². The predicted octanol–water partition coefficient (Wildman–Crippen LogP) is 1.94. The Bertz CT molecular complexity index is 472. The summed E-state index contributed by atoms with van der Waals surface area (Å²) in [7, 11) is 0. The molecule has 0 atom stereocenters. The fraction of sp³-hybridized carbons (Fsp3) is 0.571. The van der Waals surface area contributed by atoms with Crippen molar-refractivity contribution in [2.45, 2.75) is 37.0 Å². The summed E-state index contributed by atoms with van der Waals surface area (Å²) in [5.74, 6) is 0.0582. The average Bonchev–Trinajstić information content (AvgIpc) is 2.96. The fourth-order valence-electron chi connectivity index (χ4n) is 2.76. The SMILES string of the molecule is CSC1(CNCc2cccnc2/C(N)=N/O)CCCC1. The van der Waals surface area contributed by atoms with E-state index in [0.717, 1.165) is 12.1 Å². The molecule has 1 heterocycles. The molecule has 4 N–H and O–H groups in total. The second kappa shape index (κ2) is 6.95. The lowest BCUT2D eigenvalue weighted by Gasteiger charge is -2.27. The minimum absolute atomic E-state index is 0.0582. The van der Waals surface area contributed by atoms with Gasteiger partial charge in [-0.1, -0.05) is 24.1 Å². The van der Waals surface area contributed by atoms with Crippen LogP contribution < -0.4 is 11.1 Å². The molecule has 0 aliphatic heterocycles. The maximum atomic E-state index is 8.79. The van der Waals surface area contributed by atoms with E-state index >= 15 is 0 Å². The molecule has 0 amide bonds. The summed E-state index contributed by atoms with van der Waals surface area (Å²) in [6.07, 6.45) is 9.05. The first-order valence-corrected chi connectivity index (χ1v) is 8.11. The van der Waals surface area contributed by atoms with Crippen molar-refractivity contribution >= 4 is 17.6 Å². The van der Waals surface area contributed by atoms with Crippen molar-refractivity contribution in [1.82, 2.24) is 10.3 Å². The maximum absolute atomic E-state index is 8.79. The summed E-state index contributed by atoms with van der Waals surface area (Å²) < 4.78 is 0.374. The zero-order chi connectivity index (χ0) is 14.4. The lowest BCUT2D eigenvalue weighted by atomic mass is 10.1. The Morgan fingerprint density at radius 1 is 1.55 bits per heavy atom. The molecule has 6 heteroatoms. The number of hydrogen-bond donors (Lipinski definition) is 3. The van der Waals surface area contributed by atoms with Gasteiger partial charge in [-0.25, -0.2) is 0 Å². The van der Waals surface area contributed by atoms with Gasteiger partial charge in [-0.15, -0.1) is 0 Å². The average molecular weight is 294 g/mol. The molecule has 0 saturated heterocycles. The predicted molar refractivity (Wildman–Crippen MR) is 83.2 cm³/mol. The lowest BCUT2D eigenvalue weighted by molar-refractivity contribution is 0.318. The van der Waals surface area contributed by atoms with Crippen LogP contribution in [0.1, 0.15) is 36.9 Å². The minimum Gasteiger partial charge on any atom is -0.409 e. The van der Waals surface area contributed by atoms with Crippen LogP contribution in [0.3, 0.4) is 0 Å². The third-order valence-corrected chi connectivity index (χ3v) is 5.37. The van der Waals surface area contributed by atoms with E-state index in [1.807, 2.05) is 23.9 Å². The summed E-state index contributed by atoms with van der Waals surface area (Å²) in [5.41, 5.74) is 7.15. The molecule has 1 aliphatic rings. The number of amidine groups is 1. The highest BCUT2D eigenvalue weighted by atomic mass is 32.2. The number of hydrogen-bond acceptors (Lipinski definition) is 5. The molecule has 1 fully saturated rings. The summed E-state index contributed by atoms with van der Waals surface area (Å²) in [5, 5.41) is 15.3. The van der Waals surface area contributed by atoms with E-state index in [-0.39, 0.29) is 5.84 Å². The van der Waals surface area contributed by atoms with Gasteiger partial charge >= 0.3 is 0 Å². The van der Waals surface area contributed by atoms with E-state index in [0.29, 0.717) is 17.0 Å². The monoisotopic (exact) mass is 294 g/mol. The number of oxime groups is 1. The van der Waals surface area contributed by atoms with E-state index in [1.54, 1.807) is 6.20 Å². The van der Waals surface area contributed by atoms with Crippen LogP contribution in [0.25, 0.3) is 0 Å². The topological polar surface area (TPSA) is 83.5 Å². The zero-order valence-corrected chi connectivity index (χ0v) is 12.6. The van der Waals surface area contributed by atoms with Gasteiger partial charge in [0.15, 0.2) is 5.84 Å². The van der Waals surface area contributed by atoms with Gasteiger partial charge in [0.05, 0.1) is 0 Å². The van der Waals surface area contributed by atoms with E-state index in [2.05, 4.69) is 21.7 Å². The van der Waals surface area contributed by atoms with Gasteiger partial charge in [-0.2, -0.15) is 11.8 Å². The van der Waals surface area contributed by atoms with Gasteiger partial charge in [-0.3, -0.25) is 4.98 Å². The van der Waals surface area contributed by atoms with Crippen LogP contribution >= 0.6 is 11.8 Å². The quantitative estimate of drug-likeness (QED) is 0.323. The maximum Gasteiger partial charge on any atom is 0.189 e. The molecule has 110 valence electrons. The molecule has 0 unspecified atom stereocenters. The second-order valence-electron chi connectivity index (χ2n) is 5.19. The summed E-state index contributed by atoms with van der Waals surface area (Å²) in [4.78, 5) is 4.18. The summed E-state index contributed by atoms with van der Waals surface area (Å²) in [6.45, 7) is 1.67. The van der Waals surface area contributed by atoms with Crippen molar-refractivity contribution < 1.29 is 5.21 Å². The van der Waals surface area contributed by atoms with Crippen LogP contribution in [0.2, 0.25) is 0 Å². The largest absolute Gasteiger partial charge is 0.409 e. The van der Waals surface area contributed by atoms with Gasteiger partial charge in [-0.05, 0) is 30.7 Å². The molecule has 0 radical (unpaired) electrons. The van der Waals surface area contributed by atoms with Gasteiger partial charge in [0.2, 0.25) is 0 Å². The second-order valence-corrected chi connectivity index (χ2v) is 6.47. The Hall–Kier alpha value is -1.27. The molecular formula is C14H22N4OS. The Balaban J connectivity index is 1.97. The first-order chi connectivity index (χ1) is 9.71. The molecule has 5 nitrogen and oxygen atoms in total. The molecule has 1 aliphatic carbocycles. The normalized spacial score (nSPS) is 18.4. The first-order valence-electron chi connectivity index (χ1n) is 6.88. The summed E-state index contributed by atoms with van der Waals surface area (Å²) in [6, 6.07) is 3.82. The molecule has 0 spiro atoms. The van der Waals surface area contributed by atoms with Crippen molar-refractivity contribution in [1.29, 1.82) is 0 Å². The van der Waals surface area contributed by atoms with Crippen LogP contribution in [0, 0.1) is 0 Å². The molecule has 2 rings (SSSR count). The first kappa shape index (κ1) is 15.1. The highest BCUT2D eigenvalue weighted by Crippen LogP contribution is 2.39. The smallest absolute Gasteiger partial charge is 0.189 e. The van der Waals surface area contributed by atoms with Crippen molar-refractivity contribution in [2.75, 3.05) is 12.8 Å². The molecule has 0 bridgehead atoms. The molecule has 1 saturated carbocycles. The molecule has 20 heavy (non-hydrogen) atoms. The number of nitrogens with zero attached hydrogens (tertiary/aromatic N) is 2. The van der Waals surface area contributed by atoms with Crippen molar-refractivity contribution in [2.24, 2.45) is 10.9 Å². The van der Waals surface area contributed by atoms with Crippen LogP contribution in [-0.4, -0.2) is 33.6 Å². The van der Waals surface area contributed by atoms with Gasteiger partial charge in [0, 0.05) is 24.0 Å². The van der Waals surface area contributed by atoms with Gasteiger partial charge < -0.3 is 16.3 Å². The van der Waals surface area contributed by atoms with E-state index < -0.39 is 0 Å². The van der Waals surface area contributed by atoms with Crippen LogP contribution in [-0.2, 0) is 6.54 Å². The number of rotatable bonds is 6. The van der Waals surface area contributed by atoms with E-state index in [9.17, 15) is 0 Å². The Morgan fingerprint density at radius 2 is 2.30 bits per heavy atom. The van der Waals surface area contributed by atoms with Crippen molar-refractivity contribution in [3.8, 4) is 0 Å². The zero-order valence-electron chi connectivity index (χ0n) is 11.8. The highest BCUT2D eigenvalue weighted by molar-refractivity contribution is 8.00. The molecule has 1 aromatic heterocycles. The number of pyridine rings is 1. The highest BCUT2D eigenvalue weighted by Gasteiger charge is 2.32. The standard InChI is InChI=1S/C14H22N4OS/c1-20-14(6-2-3-7-14)10-16-9-11-5-4-8-17-12(11)13(15)18-19/h4-5,8,16,19H,2-3,6-7,9-10H2,1H3,(H2,15,18). The van der Waals surface area contributed by atoms with Crippen LogP contribution in [0.5, 0.6) is 0 Å². The molecule has 0 aromatic carbocycles. The Labute approximate surface area is 124 Å². The van der Waals surface area contributed by atoms with Crippen LogP contribution in [0.15, 0.2) is 23.5 Å². The third-order valence-electron chi connectivity index (χ3n) is 3.95. The molecular weight excluding hydrogens is 272 g/mol. The third kappa shape index (κ3) is 3.43. The molecule has 1 aromatic rings. The number of nitrogens with two attached hydrogens (primary N) is 1. The van der Waals surface area contributed by atoms with E-state index in [4.69, 9.17) is 10.9 Å². The summed E-state index contributed by atoms with van der Waals surface area (Å²) >= 11 is 1.96. The van der Waals surface area contributed by atoms with E-state index in [1.165, 1.54) is 25.7 Å². The van der Waals surface area contributed by atoms with Gasteiger partial charge in [0.25, 0.3) is 0 Å². The lowest BCUT2D eigenvalue weighted by Crippen LogP contribution is -2.35. The number of nitrogens with one attached hydrogen (secondary N) is 1. The van der Waals surface area contributed by atoms with Crippen molar-refractivity contribution in [3.05, 3.63) is 29.6 Å². The fourth-order valence-corrected chi connectivity index (χ4v) is 3.70. The van der Waals surface area contributed by atoms with Gasteiger partial charge in [0.1, 0.15) is 5.69 Å². The Kier molecular flexibility index (Phi) is 5.25. The number of aromatic nitrogens is 1. The number of thioether (sulfide) groups is 1. The Morgan fingerprint density at radius 3 is 2.95 bits per heavy atom. The minimum atomic E-state index is 0.0582.